The third-order valence-corrected chi connectivity index (χ3v) is 6.99. The minimum absolute atomic E-state index is 0.0815. The van der Waals surface area contributed by atoms with Gasteiger partial charge in [-0.15, -0.1) is 0 Å². The van der Waals surface area contributed by atoms with E-state index in [1.807, 2.05) is 0 Å². The van der Waals surface area contributed by atoms with Crippen LogP contribution in [0.5, 0.6) is 0 Å². The molecule has 25 heavy (non-hydrogen) atoms. The lowest BCUT2D eigenvalue weighted by Gasteiger charge is -2.28. The van der Waals surface area contributed by atoms with Gasteiger partial charge in [-0.2, -0.15) is 16.8 Å². The van der Waals surface area contributed by atoms with Gasteiger partial charge in [0.2, 0.25) is 0 Å². The lowest BCUT2D eigenvalue weighted by molar-refractivity contribution is 0.435. The van der Waals surface area contributed by atoms with Gasteiger partial charge in [0.1, 0.15) is 0 Å². The van der Waals surface area contributed by atoms with Gasteiger partial charge in [-0.25, -0.2) is 17.6 Å². The smallest absolute Gasteiger partial charge is 0.284 e. The number of hydrogen-bond acceptors (Lipinski definition) is 4. The molecule has 0 heterocycles. The van der Waals surface area contributed by atoms with Crippen LogP contribution in [0.2, 0.25) is 0 Å². The summed E-state index contributed by atoms with van der Waals surface area (Å²) in [4.78, 5) is 0. The predicted molar refractivity (Wildman–Crippen MR) is 76.6 cm³/mol. The molecule has 2 aromatic rings. The Morgan fingerprint density at radius 2 is 0.960 bits per heavy atom. The Morgan fingerprint density at radius 3 is 1.20 bits per heavy atom. The van der Waals surface area contributed by atoms with Gasteiger partial charge in [0.05, 0.1) is 0 Å². The Balaban J connectivity index is 3.07. The molecular weight excluding hydrogens is 392 g/mol. The largest absolute Gasteiger partial charge is 0.296 e. The van der Waals surface area contributed by atoms with Crippen molar-refractivity contribution in [1.29, 1.82) is 0 Å². The fraction of sp³-hybridized carbons (Fsp3) is 0.0769. The van der Waals surface area contributed by atoms with Crippen molar-refractivity contribution in [3.05, 3.63) is 70.8 Å². The van der Waals surface area contributed by atoms with Crippen molar-refractivity contribution in [2.24, 2.45) is 0 Å². The molecule has 0 saturated heterocycles. The molecule has 0 bridgehead atoms. The molecule has 0 aliphatic carbocycles. The molecule has 136 valence electrons. The maximum Gasteiger partial charge on any atom is 0.296 e. The number of benzene rings is 2. The van der Waals surface area contributed by atoms with Crippen molar-refractivity contribution in [1.82, 2.24) is 0 Å². The Bertz CT molecular complexity index is 965. The summed E-state index contributed by atoms with van der Waals surface area (Å²) in [6.45, 7) is 0. The van der Waals surface area contributed by atoms with E-state index in [1.165, 1.54) is 0 Å². The fourth-order valence-corrected chi connectivity index (χ4v) is 5.06. The molecule has 2 rings (SSSR count). The van der Waals surface area contributed by atoms with E-state index in [4.69, 9.17) is 0 Å². The lowest BCUT2D eigenvalue weighted by atomic mass is 10.0. The predicted octanol–water partition coefficient (Wildman–Crippen LogP) is 2.22. The molecule has 0 aliphatic rings. The summed E-state index contributed by atoms with van der Waals surface area (Å²) in [7, 11) is -11.7. The van der Waals surface area contributed by atoms with Crippen LogP contribution in [-0.2, 0) is 24.3 Å². The van der Waals surface area contributed by atoms with Crippen LogP contribution in [0.25, 0.3) is 0 Å². The van der Waals surface area contributed by atoms with Crippen molar-refractivity contribution >= 4 is 20.2 Å². The molecule has 0 aliphatic heterocycles. The van der Waals surface area contributed by atoms with Gasteiger partial charge in [0, 0.05) is 11.1 Å². The van der Waals surface area contributed by atoms with Crippen LogP contribution in [0.1, 0.15) is 11.1 Å². The highest BCUT2D eigenvalue weighted by atomic mass is 32.3. The highest BCUT2D eigenvalue weighted by molar-refractivity contribution is 8.04. The average molecular weight is 400 g/mol. The third kappa shape index (κ3) is 3.01. The average Bonchev–Trinajstić information content (AvgIpc) is 2.44. The first-order chi connectivity index (χ1) is 11.3. The molecule has 0 unspecified atom stereocenters. The zero-order valence-corrected chi connectivity index (χ0v) is 13.5. The summed E-state index contributed by atoms with van der Waals surface area (Å²) >= 11 is 0. The molecular formula is C13H8F4O6S2. The minimum atomic E-state index is -5.87. The van der Waals surface area contributed by atoms with Gasteiger partial charge >= 0.3 is 0 Å². The standard InChI is InChI=1S/C13H8F4O6S2/c14-9-3-1-7(5-11(9)16)13(24(18,19)20,25(21,22)23)8-2-4-10(15)12(17)6-8/h1-6H,(H,18,19,20)(H,21,22,23). The van der Waals surface area contributed by atoms with Crippen molar-refractivity contribution in [3.8, 4) is 0 Å². The maximum atomic E-state index is 13.5. The second-order valence-electron chi connectivity index (χ2n) is 4.82. The van der Waals surface area contributed by atoms with E-state index in [0.29, 0.717) is 24.3 Å². The molecule has 0 amide bonds. The molecule has 0 fully saturated rings. The maximum absolute atomic E-state index is 13.5. The molecule has 12 heteroatoms. The number of halogens is 4. The molecule has 0 radical (unpaired) electrons. The molecule has 0 spiro atoms. The van der Waals surface area contributed by atoms with Gasteiger partial charge < -0.3 is 0 Å². The van der Waals surface area contributed by atoms with E-state index in [0.717, 1.165) is 0 Å². The summed E-state index contributed by atoms with van der Waals surface area (Å²) in [6, 6.07) is 1.71. The molecule has 0 saturated carbocycles. The SMILES string of the molecule is O=S(=O)(O)C(c1ccc(F)c(F)c1)(c1ccc(F)c(F)c1)S(=O)(=O)O. The topological polar surface area (TPSA) is 109 Å². The quantitative estimate of drug-likeness (QED) is 0.602. The number of hydrogen-bond donors (Lipinski definition) is 2. The first kappa shape index (κ1) is 19.3. The molecule has 0 atom stereocenters. The van der Waals surface area contributed by atoms with E-state index >= 15 is 0 Å². The fourth-order valence-electron chi connectivity index (χ4n) is 2.30. The molecule has 2 N–H and O–H groups in total. The van der Waals surface area contributed by atoms with Gasteiger partial charge in [-0.1, -0.05) is 12.1 Å². The van der Waals surface area contributed by atoms with Crippen molar-refractivity contribution in [2.45, 2.75) is 4.08 Å². The van der Waals surface area contributed by atoms with Gasteiger partial charge in [-0.3, -0.25) is 9.11 Å². The minimum Gasteiger partial charge on any atom is -0.284 e. The van der Waals surface area contributed by atoms with Crippen LogP contribution in [0, 0.1) is 23.3 Å². The van der Waals surface area contributed by atoms with Gasteiger partial charge in [-0.05, 0) is 24.3 Å². The summed E-state index contributed by atoms with van der Waals surface area (Å²) in [5.41, 5.74) is -2.30. The van der Waals surface area contributed by atoms with Gasteiger partial charge in [0.15, 0.2) is 23.3 Å². The zero-order chi connectivity index (χ0) is 19.2. The van der Waals surface area contributed by atoms with Crippen molar-refractivity contribution < 1.29 is 43.5 Å². The Kier molecular flexibility index (Phi) is 4.67. The first-order valence-corrected chi connectivity index (χ1v) is 9.05. The molecule has 0 aromatic heterocycles. The van der Waals surface area contributed by atoms with Crippen LogP contribution in [0.4, 0.5) is 17.6 Å². The van der Waals surface area contributed by atoms with Crippen LogP contribution in [0.15, 0.2) is 36.4 Å². The monoisotopic (exact) mass is 400 g/mol. The van der Waals surface area contributed by atoms with Crippen LogP contribution < -0.4 is 0 Å². The highest BCUT2D eigenvalue weighted by Gasteiger charge is 2.58. The van der Waals surface area contributed by atoms with Crippen molar-refractivity contribution in [3.63, 3.8) is 0 Å². The first-order valence-electron chi connectivity index (χ1n) is 6.17. The van der Waals surface area contributed by atoms with E-state index < -0.39 is 58.7 Å². The van der Waals surface area contributed by atoms with E-state index in [9.17, 15) is 43.5 Å². The van der Waals surface area contributed by atoms with E-state index in [-0.39, 0.29) is 12.1 Å². The summed E-state index contributed by atoms with van der Waals surface area (Å²) < 4.78 is 116. The van der Waals surface area contributed by atoms with Crippen LogP contribution in [-0.4, -0.2) is 25.9 Å². The van der Waals surface area contributed by atoms with E-state index in [2.05, 4.69) is 0 Å². The van der Waals surface area contributed by atoms with Gasteiger partial charge in [0.25, 0.3) is 24.3 Å². The van der Waals surface area contributed by atoms with Crippen molar-refractivity contribution in [2.75, 3.05) is 0 Å². The molecule has 6 nitrogen and oxygen atoms in total. The van der Waals surface area contributed by atoms with Crippen LogP contribution in [0.3, 0.4) is 0 Å². The summed E-state index contributed by atoms with van der Waals surface area (Å²) in [5, 5.41) is 0. The third-order valence-electron chi connectivity index (χ3n) is 3.33. The number of rotatable bonds is 4. The van der Waals surface area contributed by atoms with Crippen LogP contribution >= 0.6 is 0 Å². The summed E-state index contributed by atoms with van der Waals surface area (Å²) in [6.07, 6.45) is 0. The second-order valence-corrected chi connectivity index (χ2v) is 8.21. The Morgan fingerprint density at radius 1 is 0.640 bits per heavy atom. The Hall–Kier alpha value is -2.02. The lowest BCUT2D eigenvalue weighted by Crippen LogP contribution is -2.44. The Labute approximate surface area is 139 Å². The highest BCUT2D eigenvalue weighted by Crippen LogP contribution is 2.42. The zero-order valence-electron chi connectivity index (χ0n) is 11.8. The second kappa shape index (κ2) is 6.05. The van der Waals surface area contributed by atoms with E-state index in [1.54, 1.807) is 0 Å². The summed E-state index contributed by atoms with van der Waals surface area (Å²) in [5.74, 6) is -6.41. The normalized spacial score (nSPS) is 13.0. The molecule has 2 aromatic carbocycles.